The number of esters is 3. The van der Waals surface area contributed by atoms with E-state index in [0.717, 1.165) is 5.57 Å². The molecular formula is C34H40INO11. The first kappa shape index (κ1) is 37.8. The summed E-state index contributed by atoms with van der Waals surface area (Å²) >= 11 is 1.96. The van der Waals surface area contributed by atoms with E-state index < -0.39 is 27.6 Å². The summed E-state index contributed by atoms with van der Waals surface area (Å²) < 4.78 is 31.1. The predicted octanol–water partition coefficient (Wildman–Crippen LogP) is 3.57. The Morgan fingerprint density at radius 3 is 1.96 bits per heavy atom. The number of amides is 1. The van der Waals surface area contributed by atoms with Gasteiger partial charge in [-0.1, -0.05) is 42.5 Å². The Balaban J connectivity index is 1.40. The van der Waals surface area contributed by atoms with Crippen molar-refractivity contribution >= 4 is 46.4 Å². The van der Waals surface area contributed by atoms with Crippen LogP contribution in [0.2, 0.25) is 0 Å². The molecule has 0 aromatic heterocycles. The molecule has 2 atom stereocenters. The maximum atomic E-state index is 13.0. The zero-order valence-electron chi connectivity index (χ0n) is 26.0. The van der Waals surface area contributed by atoms with Gasteiger partial charge in [-0.2, -0.15) is 0 Å². The molecule has 0 spiro atoms. The van der Waals surface area contributed by atoms with Crippen LogP contribution >= 0.6 is 22.6 Å². The lowest BCUT2D eigenvalue weighted by atomic mass is 9.99. The fourth-order valence-corrected chi connectivity index (χ4v) is 5.10. The van der Waals surface area contributed by atoms with Crippen molar-refractivity contribution in [1.82, 2.24) is 5.32 Å². The maximum Gasteiger partial charge on any atom is 0.339 e. The molecule has 1 amide bonds. The standard InChI is InChI=1S/C34H40INO11/c35-34(47-33(41)28-9-5-2-6-10-28)25-26(11-12-29(34)46-32(40)27-7-3-1-4-8-27)15-16-36-30(38)13-14-31(39)45-24-23-44-22-21-43-20-19-42-18-17-37/h1-12,25,29,37H,13-24H2,(H,36,38). The van der Waals surface area contributed by atoms with Crippen molar-refractivity contribution in [3.05, 3.63) is 95.6 Å². The monoisotopic (exact) mass is 765 g/mol. The first-order valence-electron chi connectivity index (χ1n) is 15.2. The fraction of sp³-hybridized carbons (Fsp3) is 0.412. The summed E-state index contributed by atoms with van der Waals surface area (Å²) in [4.78, 5) is 50.1. The molecule has 12 nitrogen and oxygen atoms in total. The van der Waals surface area contributed by atoms with Crippen molar-refractivity contribution in [2.45, 2.75) is 29.0 Å². The van der Waals surface area contributed by atoms with Crippen molar-refractivity contribution in [3.63, 3.8) is 0 Å². The third kappa shape index (κ3) is 14.3. The second-order valence-corrected chi connectivity index (χ2v) is 11.8. The molecule has 0 heterocycles. The molecule has 2 unspecified atom stereocenters. The second kappa shape index (κ2) is 21.3. The van der Waals surface area contributed by atoms with Crippen LogP contribution in [0, 0.1) is 0 Å². The molecule has 0 aliphatic heterocycles. The molecule has 2 aromatic rings. The lowest BCUT2D eigenvalue weighted by molar-refractivity contribution is -0.146. The first-order valence-corrected chi connectivity index (χ1v) is 16.3. The van der Waals surface area contributed by atoms with Crippen LogP contribution in [0.5, 0.6) is 0 Å². The van der Waals surface area contributed by atoms with Crippen molar-refractivity contribution in [3.8, 4) is 0 Å². The molecule has 0 saturated heterocycles. The van der Waals surface area contributed by atoms with Crippen LogP contribution in [0.15, 0.2) is 84.5 Å². The lowest BCUT2D eigenvalue weighted by Crippen LogP contribution is -2.42. The Labute approximate surface area is 287 Å². The van der Waals surface area contributed by atoms with Gasteiger partial charge in [0.1, 0.15) is 6.61 Å². The van der Waals surface area contributed by atoms with Gasteiger partial charge in [-0.15, -0.1) is 0 Å². The van der Waals surface area contributed by atoms with Crippen LogP contribution in [0.4, 0.5) is 0 Å². The highest BCUT2D eigenvalue weighted by molar-refractivity contribution is 14.1. The summed E-state index contributed by atoms with van der Waals surface area (Å²) in [6.45, 7) is 2.26. The van der Waals surface area contributed by atoms with E-state index in [-0.39, 0.29) is 51.7 Å². The molecule has 254 valence electrons. The number of benzene rings is 2. The van der Waals surface area contributed by atoms with Crippen LogP contribution in [0.25, 0.3) is 0 Å². The van der Waals surface area contributed by atoms with Gasteiger partial charge in [0, 0.05) is 13.0 Å². The molecule has 0 saturated carbocycles. The van der Waals surface area contributed by atoms with Crippen LogP contribution in [-0.4, -0.2) is 98.0 Å². The molecule has 1 aliphatic rings. The molecule has 2 N–H and O–H groups in total. The molecule has 0 bridgehead atoms. The Morgan fingerprint density at radius 1 is 0.766 bits per heavy atom. The van der Waals surface area contributed by atoms with Crippen molar-refractivity contribution in [2.24, 2.45) is 0 Å². The molecule has 47 heavy (non-hydrogen) atoms. The highest BCUT2D eigenvalue weighted by atomic mass is 127. The van der Waals surface area contributed by atoms with Gasteiger partial charge in [0.05, 0.1) is 63.8 Å². The SMILES string of the molecule is O=C(CCC(=O)OCCOCCOCCOCCO)NCCC1=CC(I)(OC(=O)c2ccccc2)C(OC(=O)c2ccccc2)C=C1. The summed E-state index contributed by atoms with van der Waals surface area (Å²) in [5, 5.41) is 11.4. The molecule has 3 rings (SSSR count). The number of halogens is 1. The summed E-state index contributed by atoms with van der Waals surface area (Å²) in [7, 11) is 0. The van der Waals surface area contributed by atoms with E-state index in [4.69, 9.17) is 33.5 Å². The first-order chi connectivity index (χ1) is 22.8. The number of hydrogen-bond donors (Lipinski definition) is 2. The van der Waals surface area contributed by atoms with E-state index in [1.54, 1.807) is 78.9 Å². The largest absolute Gasteiger partial charge is 0.463 e. The molecule has 0 fully saturated rings. The number of allylic oxidation sites excluding steroid dienone is 1. The van der Waals surface area contributed by atoms with Gasteiger partial charge in [0.15, 0.2) is 6.10 Å². The third-order valence-corrected chi connectivity index (χ3v) is 7.67. The number of alkyl halides is 1. The Kier molecular flexibility index (Phi) is 17.1. The van der Waals surface area contributed by atoms with Crippen molar-refractivity contribution in [2.75, 3.05) is 59.4 Å². The molecule has 0 radical (unpaired) electrons. The number of aliphatic hydroxyl groups is 1. The van der Waals surface area contributed by atoms with Gasteiger partial charge in [0.2, 0.25) is 9.51 Å². The molecule has 2 aromatic carbocycles. The Bertz CT molecular complexity index is 1340. The van der Waals surface area contributed by atoms with Crippen LogP contribution in [-0.2, 0) is 38.0 Å². The topological polar surface area (TPSA) is 156 Å². The van der Waals surface area contributed by atoms with Gasteiger partial charge in [-0.05, 0) is 71.0 Å². The van der Waals surface area contributed by atoms with Gasteiger partial charge >= 0.3 is 17.9 Å². The van der Waals surface area contributed by atoms with Gasteiger partial charge in [-0.3, -0.25) is 9.59 Å². The zero-order chi connectivity index (χ0) is 33.7. The zero-order valence-corrected chi connectivity index (χ0v) is 28.1. The van der Waals surface area contributed by atoms with E-state index in [1.807, 2.05) is 22.6 Å². The number of rotatable bonds is 21. The van der Waals surface area contributed by atoms with E-state index in [9.17, 15) is 19.2 Å². The minimum atomic E-state index is -1.35. The highest BCUT2D eigenvalue weighted by Gasteiger charge is 2.42. The van der Waals surface area contributed by atoms with E-state index in [0.29, 0.717) is 44.0 Å². The number of carbonyl (C=O) groups excluding carboxylic acids is 4. The molecule has 1 aliphatic carbocycles. The Morgan fingerprint density at radius 2 is 1.34 bits per heavy atom. The second-order valence-electron chi connectivity index (χ2n) is 10.1. The molecule has 13 heteroatoms. The average Bonchev–Trinajstić information content (AvgIpc) is 3.08. The van der Waals surface area contributed by atoms with Crippen LogP contribution in [0.3, 0.4) is 0 Å². The van der Waals surface area contributed by atoms with E-state index >= 15 is 0 Å². The number of nitrogens with one attached hydrogen (secondary N) is 1. The normalized spacial score (nSPS) is 17.0. The summed E-state index contributed by atoms with van der Waals surface area (Å²) in [5.74, 6) is -1.96. The van der Waals surface area contributed by atoms with E-state index in [1.165, 1.54) is 0 Å². The predicted molar refractivity (Wildman–Crippen MR) is 179 cm³/mol. The lowest BCUT2D eigenvalue weighted by Gasteiger charge is -2.34. The average molecular weight is 766 g/mol. The van der Waals surface area contributed by atoms with Crippen molar-refractivity contribution in [1.29, 1.82) is 0 Å². The quantitative estimate of drug-likeness (QED) is 0.0630. The summed E-state index contributed by atoms with van der Waals surface area (Å²) in [5.41, 5.74) is 1.47. The number of ether oxygens (including phenoxy) is 6. The maximum absolute atomic E-state index is 13.0. The van der Waals surface area contributed by atoms with Gasteiger partial charge < -0.3 is 38.8 Å². The third-order valence-electron chi connectivity index (χ3n) is 6.52. The van der Waals surface area contributed by atoms with Crippen LogP contribution in [0.1, 0.15) is 40.0 Å². The highest BCUT2D eigenvalue weighted by Crippen LogP contribution is 2.36. The van der Waals surface area contributed by atoms with E-state index in [2.05, 4.69) is 5.32 Å². The summed E-state index contributed by atoms with van der Waals surface area (Å²) in [6.07, 6.45) is 4.51. The Hall–Kier alpha value is -3.63. The van der Waals surface area contributed by atoms with Crippen LogP contribution < -0.4 is 5.32 Å². The van der Waals surface area contributed by atoms with Crippen molar-refractivity contribution < 1.29 is 52.7 Å². The van der Waals surface area contributed by atoms with Gasteiger partial charge in [-0.25, -0.2) is 9.59 Å². The molecular weight excluding hydrogens is 725 g/mol. The number of carbonyl (C=O) groups is 4. The number of hydrogen-bond acceptors (Lipinski definition) is 11. The number of aliphatic hydroxyl groups excluding tert-OH is 1. The summed E-state index contributed by atoms with van der Waals surface area (Å²) in [6, 6.07) is 17.0. The minimum Gasteiger partial charge on any atom is -0.463 e. The fourth-order valence-electron chi connectivity index (χ4n) is 4.16. The van der Waals surface area contributed by atoms with Gasteiger partial charge in [0.25, 0.3) is 0 Å². The minimum absolute atomic E-state index is 0.0296. The smallest absolute Gasteiger partial charge is 0.339 e.